The summed E-state index contributed by atoms with van der Waals surface area (Å²) < 4.78 is 11.2. The summed E-state index contributed by atoms with van der Waals surface area (Å²) >= 11 is 0. The molecule has 7 heteroatoms. The first kappa shape index (κ1) is 17.4. The number of likely N-dealkylation sites (tertiary alicyclic amines) is 1. The van der Waals surface area contributed by atoms with E-state index in [1.54, 1.807) is 12.0 Å². The Labute approximate surface area is 147 Å². The first-order valence-electron chi connectivity index (χ1n) is 8.51. The van der Waals surface area contributed by atoms with Crippen LogP contribution in [0.4, 0.5) is 4.79 Å². The normalized spacial score (nSPS) is 20.2. The maximum atomic E-state index is 12.3. The summed E-state index contributed by atoms with van der Waals surface area (Å²) in [6.45, 7) is 5.59. The Morgan fingerprint density at radius 2 is 2.08 bits per heavy atom. The largest absolute Gasteiger partial charge is 0.420 e. The Morgan fingerprint density at radius 3 is 2.76 bits per heavy atom. The van der Waals surface area contributed by atoms with Gasteiger partial charge in [0.15, 0.2) is 0 Å². The molecule has 1 aliphatic rings. The number of nitrogens with one attached hydrogen (secondary N) is 1. The molecule has 0 saturated carbocycles. The lowest BCUT2D eigenvalue weighted by molar-refractivity contribution is 0.144. The van der Waals surface area contributed by atoms with Gasteiger partial charge in [-0.3, -0.25) is 0 Å². The van der Waals surface area contributed by atoms with Crippen molar-refractivity contribution in [1.29, 1.82) is 0 Å². The fourth-order valence-electron chi connectivity index (χ4n) is 3.12. The third kappa shape index (κ3) is 3.99. The molecule has 2 atom stereocenters. The second kappa shape index (κ2) is 7.65. The number of benzene rings is 1. The maximum absolute atomic E-state index is 12.3. The second-order valence-electron chi connectivity index (χ2n) is 6.64. The molecule has 2 heterocycles. The van der Waals surface area contributed by atoms with Crippen molar-refractivity contribution >= 4 is 6.03 Å². The van der Waals surface area contributed by atoms with Gasteiger partial charge >= 0.3 is 6.03 Å². The van der Waals surface area contributed by atoms with E-state index in [1.807, 2.05) is 44.2 Å². The zero-order chi connectivity index (χ0) is 17.8. The van der Waals surface area contributed by atoms with Crippen LogP contribution in [0.1, 0.15) is 25.7 Å². The van der Waals surface area contributed by atoms with Gasteiger partial charge in [-0.05, 0) is 26.0 Å². The first-order chi connectivity index (χ1) is 12.1. The van der Waals surface area contributed by atoms with Crippen LogP contribution in [0.15, 0.2) is 34.7 Å². The number of nitrogens with zero attached hydrogens (tertiary/aromatic N) is 3. The number of urea groups is 1. The van der Waals surface area contributed by atoms with E-state index >= 15 is 0 Å². The van der Waals surface area contributed by atoms with Crippen molar-refractivity contribution in [3.05, 3.63) is 36.2 Å². The molecule has 1 N–H and O–H groups in total. The Balaban J connectivity index is 1.77. The van der Waals surface area contributed by atoms with E-state index in [-0.39, 0.29) is 23.9 Å². The van der Waals surface area contributed by atoms with Crippen LogP contribution in [0.5, 0.6) is 0 Å². The molecule has 1 saturated heterocycles. The van der Waals surface area contributed by atoms with E-state index in [0.29, 0.717) is 31.5 Å². The minimum absolute atomic E-state index is 0.0252. The van der Waals surface area contributed by atoms with E-state index < -0.39 is 0 Å². The van der Waals surface area contributed by atoms with E-state index in [0.717, 1.165) is 5.56 Å². The highest BCUT2D eigenvalue weighted by molar-refractivity contribution is 5.75. The van der Waals surface area contributed by atoms with Crippen molar-refractivity contribution < 1.29 is 13.9 Å². The highest BCUT2D eigenvalue weighted by Crippen LogP contribution is 2.33. The van der Waals surface area contributed by atoms with Crippen LogP contribution >= 0.6 is 0 Å². The number of hydrogen-bond donors (Lipinski definition) is 1. The molecule has 2 aromatic rings. The van der Waals surface area contributed by atoms with Gasteiger partial charge in [0.2, 0.25) is 11.8 Å². The van der Waals surface area contributed by atoms with Gasteiger partial charge in [-0.25, -0.2) is 4.79 Å². The summed E-state index contributed by atoms with van der Waals surface area (Å²) in [4.78, 5) is 14.1. The Kier molecular flexibility index (Phi) is 5.33. The van der Waals surface area contributed by atoms with Gasteiger partial charge in [-0.2, -0.15) is 0 Å². The molecule has 7 nitrogen and oxygen atoms in total. The molecule has 2 amide bonds. The SMILES string of the molecule is COC[C@@H]1CN(C(=O)NC(C)C)C[C@H]1c1nnc(-c2ccccc2)o1. The van der Waals surface area contributed by atoms with Gasteiger partial charge in [0.1, 0.15) is 0 Å². The zero-order valence-corrected chi connectivity index (χ0v) is 14.8. The number of rotatable bonds is 5. The van der Waals surface area contributed by atoms with Crippen molar-refractivity contribution in [3.8, 4) is 11.5 Å². The van der Waals surface area contributed by atoms with E-state index in [4.69, 9.17) is 9.15 Å². The Bertz CT molecular complexity index is 701. The number of amides is 2. The lowest BCUT2D eigenvalue weighted by Crippen LogP contribution is -2.42. The molecular formula is C18H24N4O3. The van der Waals surface area contributed by atoms with E-state index in [9.17, 15) is 4.79 Å². The smallest absolute Gasteiger partial charge is 0.317 e. The molecular weight excluding hydrogens is 320 g/mol. The predicted molar refractivity (Wildman–Crippen MR) is 93.1 cm³/mol. The van der Waals surface area contributed by atoms with Crippen molar-refractivity contribution in [1.82, 2.24) is 20.4 Å². The van der Waals surface area contributed by atoms with Gasteiger partial charge in [0.25, 0.3) is 0 Å². The molecule has 0 aliphatic carbocycles. The highest BCUT2D eigenvalue weighted by Gasteiger charge is 2.39. The average Bonchev–Trinajstić information content (AvgIpc) is 3.22. The topological polar surface area (TPSA) is 80.5 Å². The van der Waals surface area contributed by atoms with E-state index in [1.165, 1.54) is 0 Å². The van der Waals surface area contributed by atoms with Crippen LogP contribution in [0, 0.1) is 5.92 Å². The molecule has 0 unspecified atom stereocenters. The van der Waals surface area contributed by atoms with Crippen LogP contribution in [-0.4, -0.2) is 54.0 Å². The maximum Gasteiger partial charge on any atom is 0.317 e. The number of methoxy groups -OCH3 is 1. The summed E-state index contributed by atoms with van der Waals surface area (Å²) in [7, 11) is 1.66. The first-order valence-corrected chi connectivity index (χ1v) is 8.51. The summed E-state index contributed by atoms with van der Waals surface area (Å²) in [5.41, 5.74) is 0.886. The van der Waals surface area contributed by atoms with Gasteiger partial charge < -0.3 is 19.4 Å². The third-order valence-corrected chi connectivity index (χ3v) is 4.30. The van der Waals surface area contributed by atoms with Gasteiger partial charge in [0.05, 0.1) is 12.5 Å². The van der Waals surface area contributed by atoms with Crippen molar-refractivity contribution in [2.24, 2.45) is 5.92 Å². The second-order valence-corrected chi connectivity index (χ2v) is 6.64. The van der Waals surface area contributed by atoms with Crippen LogP contribution < -0.4 is 5.32 Å². The predicted octanol–water partition coefficient (Wildman–Crippen LogP) is 2.52. The van der Waals surface area contributed by atoms with Crippen LogP contribution in [-0.2, 0) is 4.74 Å². The number of ether oxygens (including phenoxy) is 1. The molecule has 0 bridgehead atoms. The lowest BCUT2D eigenvalue weighted by Gasteiger charge is -2.18. The number of hydrogen-bond acceptors (Lipinski definition) is 5. The molecule has 3 rings (SSSR count). The summed E-state index contributed by atoms with van der Waals surface area (Å²) in [6, 6.07) is 9.70. The van der Waals surface area contributed by atoms with Crippen molar-refractivity contribution in [3.63, 3.8) is 0 Å². The molecule has 1 aromatic heterocycles. The summed E-state index contributed by atoms with van der Waals surface area (Å²) in [5, 5.41) is 11.3. The van der Waals surface area contributed by atoms with E-state index in [2.05, 4.69) is 15.5 Å². The van der Waals surface area contributed by atoms with Crippen molar-refractivity contribution in [2.45, 2.75) is 25.8 Å². The summed E-state index contributed by atoms with van der Waals surface area (Å²) in [6.07, 6.45) is 0. The monoisotopic (exact) mass is 344 g/mol. The molecule has 1 aromatic carbocycles. The Morgan fingerprint density at radius 1 is 1.32 bits per heavy atom. The molecule has 134 valence electrons. The lowest BCUT2D eigenvalue weighted by atomic mass is 9.97. The van der Waals surface area contributed by atoms with Crippen molar-refractivity contribution in [2.75, 3.05) is 26.8 Å². The molecule has 0 radical (unpaired) electrons. The number of carbonyl (C=O) groups excluding carboxylic acids is 1. The van der Waals surface area contributed by atoms with Gasteiger partial charge in [0, 0.05) is 37.7 Å². The number of carbonyl (C=O) groups is 1. The third-order valence-electron chi connectivity index (χ3n) is 4.30. The highest BCUT2D eigenvalue weighted by atomic mass is 16.5. The average molecular weight is 344 g/mol. The molecule has 1 fully saturated rings. The minimum Gasteiger partial charge on any atom is -0.420 e. The van der Waals surface area contributed by atoms with Gasteiger partial charge in [-0.15, -0.1) is 10.2 Å². The molecule has 0 spiro atoms. The Hall–Kier alpha value is -2.41. The number of aromatic nitrogens is 2. The van der Waals surface area contributed by atoms with Crippen LogP contribution in [0.2, 0.25) is 0 Å². The standard InChI is InChI=1S/C18H24N4O3/c1-12(2)19-18(23)22-9-14(11-24-3)15(10-22)17-21-20-16(25-17)13-7-5-4-6-8-13/h4-8,12,14-15H,9-11H2,1-3H3,(H,19,23)/t14-,15+/m0/s1. The van der Waals surface area contributed by atoms with Crippen LogP contribution in [0.3, 0.4) is 0 Å². The fraction of sp³-hybridized carbons (Fsp3) is 0.500. The molecule has 1 aliphatic heterocycles. The fourth-order valence-corrected chi connectivity index (χ4v) is 3.12. The zero-order valence-electron chi connectivity index (χ0n) is 14.8. The summed E-state index contributed by atoms with van der Waals surface area (Å²) in [5.74, 6) is 1.16. The molecule has 25 heavy (non-hydrogen) atoms. The van der Waals surface area contributed by atoms with Gasteiger partial charge in [-0.1, -0.05) is 18.2 Å². The quantitative estimate of drug-likeness (QED) is 0.901. The minimum atomic E-state index is -0.0681. The van der Waals surface area contributed by atoms with Crippen LogP contribution in [0.25, 0.3) is 11.5 Å².